The Morgan fingerprint density at radius 3 is 1.11 bits per heavy atom. The summed E-state index contributed by atoms with van der Waals surface area (Å²) in [6.45, 7) is 15.8. The molecule has 0 saturated carbocycles. The smallest absolute Gasteiger partial charge is 0.168 e. The highest BCUT2D eigenvalue weighted by molar-refractivity contribution is 4.80. The van der Waals surface area contributed by atoms with E-state index in [4.69, 9.17) is 9.47 Å². The lowest BCUT2D eigenvalue weighted by Crippen LogP contribution is -2.33. The lowest BCUT2D eigenvalue weighted by molar-refractivity contribution is -0.180. The van der Waals surface area contributed by atoms with Gasteiger partial charge in [-0.2, -0.15) is 0 Å². The summed E-state index contributed by atoms with van der Waals surface area (Å²) >= 11 is 0. The van der Waals surface area contributed by atoms with Gasteiger partial charge in [0.05, 0.1) is 12.7 Å². The predicted octanol–water partition coefficient (Wildman–Crippen LogP) is 17.2. The van der Waals surface area contributed by atoms with Gasteiger partial charge in [0.1, 0.15) is 0 Å². The van der Waals surface area contributed by atoms with Crippen molar-refractivity contribution in [3.63, 3.8) is 0 Å². The Morgan fingerprint density at radius 2 is 0.778 bits per heavy atom. The minimum absolute atomic E-state index is 0.266. The molecule has 0 aromatic rings. The standard InChI is InChI=1S/C51H103NO2/c1-8-12-28-36-48(37-29-13-9-2)40-32-24-20-16-18-22-26-34-43-51(53-46-50(54-51)42-45-52(7)47(5)6)44-35-27-23-19-17-21-25-33-41-49(38-30-14-10-3)39-31-15-11-4/h47-50H,8-46H2,1-7H3. The van der Waals surface area contributed by atoms with E-state index < -0.39 is 0 Å². The molecule has 0 bridgehead atoms. The molecule has 1 aliphatic heterocycles. The van der Waals surface area contributed by atoms with Gasteiger partial charge in [-0.05, 0) is 52.0 Å². The molecule has 1 fully saturated rings. The van der Waals surface area contributed by atoms with Crippen LogP contribution in [0.2, 0.25) is 0 Å². The van der Waals surface area contributed by atoms with Crippen LogP contribution in [0.1, 0.15) is 279 Å². The number of rotatable bonds is 42. The quantitative estimate of drug-likeness (QED) is 0.0578. The van der Waals surface area contributed by atoms with Crippen LogP contribution in [0.4, 0.5) is 0 Å². The molecule has 0 radical (unpaired) electrons. The van der Waals surface area contributed by atoms with E-state index in [2.05, 4.69) is 53.5 Å². The molecule has 0 N–H and O–H groups in total. The first-order valence-corrected chi connectivity index (χ1v) is 25.4. The molecule has 0 aliphatic carbocycles. The van der Waals surface area contributed by atoms with Crippen LogP contribution < -0.4 is 0 Å². The van der Waals surface area contributed by atoms with Crippen molar-refractivity contribution in [3.8, 4) is 0 Å². The molecule has 0 amide bonds. The molecule has 0 aromatic heterocycles. The highest BCUT2D eigenvalue weighted by Gasteiger charge is 2.40. The fourth-order valence-corrected chi connectivity index (χ4v) is 9.13. The molecular formula is C51H103NO2. The Balaban J connectivity index is 2.31. The van der Waals surface area contributed by atoms with Crippen LogP contribution in [0, 0.1) is 11.8 Å². The van der Waals surface area contributed by atoms with E-state index in [1.165, 1.54) is 218 Å². The SMILES string of the molecule is CCCCCC(CCCCC)CCCCCCCCCCC1(CCCCCCCCCCC(CCCCC)CCCCC)OCC(CCN(C)C(C)C)O1. The lowest BCUT2D eigenvalue weighted by Gasteiger charge is -2.29. The highest BCUT2D eigenvalue weighted by atomic mass is 16.7. The van der Waals surface area contributed by atoms with Gasteiger partial charge < -0.3 is 14.4 Å². The fourth-order valence-electron chi connectivity index (χ4n) is 9.13. The second kappa shape index (κ2) is 37.2. The monoisotopic (exact) mass is 762 g/mol. The van der Waals surface area contributed by atoms with E-state index in [1.807, 2.05) is 0 Å². The van der Waals surface area contributed by atoms with Gasteiger partial charge in [0, 0.05) is 25.4 Å². The number of hydrogen-bond donors (Lipinski definition) is 0. The second-order valence-corrected chi connectivity index (χ2v) is 18.8. The molecule has 1 heterocycles. The average Bonchev–Trinajstić information content (AvgIpc) is 3.57. The zero-order valence-corrected chi connectivity index (χ0v) is 38.7. The molecule has 0 spiro atoms. The fraction of sp³-hybridized carbons (Fsp3) is 1.00. The van der Waals surface area contributed by atoms with Crippen molar-refractivity contribution in [2.24, 2.45) is 11.8 Å². The largest absolute Gasteiger partial charge is 0.347 e. The van der Waals surface area contributed by atoms with Crippen molar-refractivity contribution >= 4 is 0 Å². The third kappa shape index (κ3) is 29.1. The van der Waals surface area contributed by atoms with Crippen LogP contribution in [-0.2, 0) is 9.47 Å². The Kier molecular flexibility index (Phi) is 35.7. The molecule has 3 nitrogen and oxygen atoms in total. The van der Waals surface area contributed by atoms with Crippen molar-refractivity contribution in [3.05, 3.63) is 0 Å². The summed E-state index contributed by atoms with van der Waals surface area (Å²) in [4.78, 5) is 2.45. The topological polar surface area (TPSA) is 21.7 Å². The van der Waals surface area contributed by atoms with Gasteiger partial charge in [-0.25, -0.2) is 0 Å². The van der Waals surface area contributed by atoms with E-state index in [-0.39, 0.29) is 11.9 Å². The number of unbranched alkanes of at least 4 members (excludes halogenated alkanes) is 22. The van der Waals surface area contributed by atoms with Crippen molar-refractivity contribution < 1.29 is 9.47 Å². The normalized spacial score (nSPS) is 15.9. The van der Waals surface area contributed by atoms with Crippen LogP contribution in [0.5, 0.6) is 0 Å². The molecule has 1 unspecified atom stereocenters. The summed E-state index contributed by atoms with van der Waals surface area (Å²) in [5, 5.41) is 0. The minimum Gasteiger partial charge on any atom is -0.347 e. The van der Waals surface area contributed by atoms with Crippen molar-refractivity contribution in [2.45, 2.75) is 297 Å². The van der Waals surface area contributed by atoms with E-state index in [0.29, 0.717) is 6.04 Å². The number of ether oxygens (including phenoxy) is 2. The van der Waals surface area contributed by atoms with Gasteiger partial charge >= 0.3 is 0 Å². The van der Waals surface area contributed by atoms with Gasteiger partial charge in [-0.3, -0.25) is 0 Å². The van der Waals surface area contributed by atoms with Crippen LogP contribution in [-0.4, -0.2) is 43.0 Å². The molecule has 1 rings (SSSR count). The predicted molar refractivity (Wildman–Crippen MR) is 242 cm³/mol. The zero-order valence-electron chi connectivity index (χ0n) is 38.7. The van der Waals surface area contributed by atoms with Crippen molar-refractivity contribution in [1.82, 2.24) is 4.90 Å². The van der Waals surface area contributed by atoms with Crippen LogP contribution in [0.15, 0.2) is 0 Å². The minimum atomic E-state index is -0.309. The number of hydrogen-bond acceptors (Lipinski definition) is 3. The van der Waals surface area contributed by atoms with Gasteiger partial charge in [-0.1, -0.05) is 233 Å². The summed E-state index contributed by atoms with van der Waals surface area (Å²) in [6.07, 6.45) is 51.8. The molecule has 1 saturated heterocycles. The third-order valence-corrected chi connectivity index (χ3v) is 13.3. The van der Waals surface area contributed by atoms with Crippen LogP contribution in [0.25, 0.3) is 0 Å². The van der Waals surface area contributed by atoms with Gasteiger partial charge in [-0.15, -0.1) is 0 Å². The molecular weight excluding hydrogens is 659 g/mol. The molecule has 1 atom stereocenters. The van der Waals surface area contributed by atoms with Crippen LogP contribution >= 0.6 is 0 Å². The van der Waals surface area contributed by atoms with Gasteiger partial charge in [0.2, 0.25) is 0 Å². The van der Waals surface area contributed by atoms with Crippen molar-refractivity contribution in [2.75, 3.05) is 20.2 Å². The highest BCUT2D eigenvalue weighted by Crippen LogP contribution is 2.36. The van der Waals surface area contributed by atoms with Crippen molar-refractivity contribution in [1.29, 1.82) is 0 Å². The average molecular weight is 762 g/mol. The summed E-state index contributed by atoms with van der Waals surface area (Å²) in [7, 11) is 2.24. The van der Waals surface area contributed by atoms with E-state index >= 15 is 0 Å². The molecule has 0 aromatic carbocycles. The maximum atomic E-state index is 6.84. The van der Waals surface area contributed by atoms with Crippen LogP contribution in [0.3, 0.4) is 0 Å². The Labute approximate surface area is 342 Å². The van der Waals surface area contributed by atoms with E-state index in [9.17, 15) is 0 Å². The second-order valence-electron chi connectivity index (χ2n) is 18.8. The first-order chi connectivity index (χ1) is 26.4. The summed E-state index contributed by atoms with van der Waals surface area (Å²) in [6, 6.07) is 0.586. The van der Waals surface area contributed by atoms with Gasteiger partial charge in [0.15, 0.2) is 5.79 Å². The molecule has 1 aliphatic rings. The maximum absolute atomic E-state index is 6.84. The molecule has 54 heavy (non-hydrogen) atoms. The lowest BCUT2D eigenvalue weighted by atomic mass is 9.90. The Hall–Kier alpha value is -0.120. The van der Waals surface area contributed by atoms with E-state index in [0.717, 1.165) is 44.2 Å². The summed E-state index contributed by atoms with van der Waals surface area (Å²) < 4.78 is 13.4. The maximum Gasteiger partial charge on any atom is 0.168 e. The summed E-state index contributed by atoms with van der Waals surface area (Å²) in [5.41, 5.74) is 0. The Morgan fingerprint density at radius 1 is 0.463 bits per heavy atom. The summed E-state index contributed by atoms with van der Waals surface area (Å²) in [5.74, 6) is 1.70. The number of nitrogens with zero attached hydrogens (tertiary/aromatic N) is 1. The molecule has 324 valence electrons. The molecule has 3 heteroatoms. The van der Waals surface area contributed by atoms with E-state index in [1.54, 1.807) is 0 Å². The first-order valence-electron chi connectivity index (χ1n) is 25.4. The Bertz CT molecular complexity index is 690. The first kappa shape index (κ1) is 51.9. The third-order valence-electron chi connectivity index (χ3n) is 13.3. The van der Waals surface area contributed by atoms with Gasteiger partial charge in [0.25, 0.3) is 0 Å². The zero-order chi connectivity index (χ0) is 39.4.